The Hall–Kier alpha value is -1.13. The maximum atomic E-state index is 5.62. The minimum atomic E-state index is 0.659. The molecule has 1 aromatic rings. The molecule has 1 N–H and O–H groups in total. The van der Waals surface area contributed by atoms with Crippen molar-refractivity contribution in [1.29, 1.82) is 0 Å². The molecule has 0 saturated carbocycles. The van der Waals surface area contributed by atoms with Crippen LogP contribution in [0.2, 0.25) is 0 Å². The summed E-state index contributed by atoms with van der Waals surface area (Å²) >= 11 is 5.62. The van der Waals surface area contributed by atoms with Gasteiger partial charge in [-0.25, -0.2) is 0 Å². The van der Waals surface area contributed by atoms with Gasteiger partial charge >= 0.3 is 0 Å². The Bertz CT molecular complexity index is 515. The second-order valence-electron chi connectivity index (χ2n) is 6.95. The van der Waals surface area contributed by atoms with Crippen LogP contribution in [0.25, 0.3) is 0 Å². The van der Waals surface area contributed by atoms with Gasteiger partial charge in [0.25, 0.3) is 0 Å². The van der Waals surface area contributed by atoms with E-state index in [4.69, 9.17) is 12.2 Å². The largest absolute Gasteiger partial charge is 0.349 e. The lowest BCUT2D eigenvalue weighted by molar-refractivity contribution is 0.126. The smallest absolute Gasteiger partial charge is 0.173 e. The molecule has 0 aliphatic carbocycles. The fourth-order valence-corrected chi connectivity index (χ4v) is 3.67. The van der Waals surface area contributed by atoms with Crippen LogP contribution in [0.15, 0.2) is 18.2 Å². The topological polar surface area (TPSA) is 18.5 Å². The van der Waals surface area contributed by atoms with Crippen LogP contribution in [0.1, 0.15) is 44.2 Å². The number of aryl methyl sites for hydroxylation is 2. The molecule has 3 nitrogen and oxygen atoms in total. The van der Waals surface area contributed by atoms with Gasteiger partial charge < -0.3 is 15.1 Å². The van der Waals surface area contributed by atoms with Crippen LogP contribution in [0.4, 0.5) is 5.69 Å². The SMILES string of the molecule is CC[C@@H](C)N(C)C1CCN(C(=S)Nc2cc(C)cc(C)c2)CC1. The average molecular weight is 334 g/mol. The molecule has 1 fully saturated rings. The van der Waals surface area contributed by atoms with E-state index in [0.29, 0.717) is 12.1 Å². The van der Waals surface area contributed by atoms with Crippen LogP contribution in [0.5, 0.6) is 0 Å². The van der Waals surface area contributed by atoms with Crippen molar-refractivity contribution in [3.8, 4) is 0 Å². The van der Waals surface area contributed by atoms with Gasteiger partial charge in [0.15, 0.2) is 5.11 Å². The molecule has 0 spiro atoms. The predicted octanol–water partition coefficient (Wildman–Crippen LogP) is 4.19. The Labute approximate surface area is 147 Å². The van der Waals surface area contributed by atoms with Crippen LogP contribution >= 0.6 is 12.2 Å². The summed E-state index contributed by atoms with van der Waals surface area (Å²) in [5.41, 5.74) is 3.64. The van der Waals surface area contributed by atoms with Gasteiger partial charge in [0.2, 0.25) is 0 Å². The molecule has 4 heteroatoms. The normalized spacial score (nSPS) is 17.4. The van der Waals surface area contributed by atoms with Crippen molar-refractivity contribution in [1.82, 2.24) is 9.80 Å². The van der Waals surface area contributed by atoms with Crippen LogP contribution in [0.3, 0.4) is 0 Å². The fraction of sp³-hybridized carbons (Fsp3) is 0.632. The van der Waals surface area contributed by atoms with Gasteiger partial charge in [0, 0.05) is 30.9 Å². The zero-order chi connectivity index (χ0) is 17.0. The maximum absolute atomic E-state index is 5.62. The third-order valence-corrected chi connectivity index (χ3v) is 5.45. The Kier molecular flexibility index (Phi) is 6.42. The minimum absolute atomic E-state index is 0.659. The maximum Gasteiger partial charge on any atom is 0.173 e. The number of nitrogens with zero attached hydrogens (tertiary/aromatic N) is 2. The van der Waals surface area contributed by atoms with Crippen LogP contribution < -0.4 is 5.32 Å². The van der Waals surface area contributed by atoms with Gasteiger partial charge in [0.1, 0.15) is 0 Å². The van der Waals surface area contributed by atoms with E-state index in [1.807, 2.05) is 0 Å². The Morgan fingerprint density at radius 1 is 1.26 bits per heavy atom. The summed E-state index contributed by atoms with van der Waals surface area (Å²) in [5, 5.41) is 4.28. The first-order valence-corrected chi connectivity index (χ1v) is 9.17. The molecule has 23 heavy (non-hydrogen) atoms. The number of piperidine rings is 1. The summed E-state index contributed by atoms with van der Waals surface area (Å²) in [6.07, 6.45) is 3.59. The summed E-state index contributed by atoms with van der Waals surface area (Å²) in [4.78, 5) is 4.85. The molecule has 0 radical (unpaired) electrons. The number of benzene rings is 1. The fourth-order valence-electron chi connectivity index (χ4n) is 3.37. The third-order valence-electron chi connectivity index (χ3n) is 5.09. The molecule has 1 atom stereocenters. The first-order valence-electron chi connectivity index (χ1n) is 8.77. The summed E-state index contributed by atoms with van der Waals surface area (Å²) in [7, 11) is 2.26. The minimum Gasteiger partial charge on any atom is -0.349 e. The van der Waals surface area contributed by atoms with Gasteiger partial charge in [0.05, 0.1) is 0 Å². The second-order valence-corrected chi connectivity index (χ2v) is 7.33. The highest BCUT2D eigenvalue weighted by Crippen LogP contribution is 2.20. The van der Waals surface area contributed by atoms with E-state index < -0.39 is 0 Å². The summed E-state index contributed by atoms with van der Waals surface area (Å²) in [5.74, 6) is 0. The van der Waals surface area contributed by atoms with Gasteiger partial charge in [-0.1, -0.05) is 13.0 Å². The lowest BCUT2D eigenvalue weighted by Crippen LogP contribution is -2.48. The monoisotopic (exact) mass is 333 g/mol. The predicted molar refractivity (Wildman–Crippen MR) is 104 cm³/mol. The van der Waals surface area contributed by atoms with Gasteiger partial charge in [-0.3, -0.25) is 0 Å². The molecule has 1 aromatic carbocycles. The molecular formula is C19H31N3S. The van der Waals surface area contributed by atoms with Crippen LogP contribution in [-0.4, -0.2) is 47.1 Å². The van der Waals surface area contributed by atoms with Crippen molar-refractivity contribution in [3.05, 3.63) is 29.3 Å². The molecule has 1 heterocycles. The molecule has 128 valence electrons. The van der Waals surface area contributed by atoms with Gasteiger partial charge in [-0.15, -0.1) is 0 Å². The van der Waals surface area contributed by atoms with Gasteiger partial charge in [-0.05, 0) is 82.6 Å². The number of thiocarbonyl (C=S) groups is 1. The second kappa shape index (κ2) is 8.11. The third kappa shape index (κ3) is 4.92. The lowest BCUT2D eigenvalue weighted by Gasteiger charge is -2.40. The van der Waals surface area contributed by atoms with Crippen molar-refractivity contribution < 1.29 is 0 Å². The quantitative estimate of drug-likeness (QED) is 0.832. The average Bonchev–Trinajstić information content (AvgIpc) is 2.52. The zero-order valence-corrected chi connectivity index (χ0v) is 16.0. The van der Waals surface area contributed by atoms with Crippen molar-refractivity contribution >= 4 is 23.0 Å². The summed E-state index contributed by atoms with van der Waals surface area (Å²) < 4.78 is 0. The summed E-state index contributed by atoms with van der Waals surface area (Å²) in [6.45, 7) is 10.9. The number of likely N-dealkylation sites (tertiary alicyclic amines) is 1. The zero-order valence-electron chi connectivity index (χ0n) is 15.2. The van der Waals surface area contributed by atoms with E-state index in [0.717, 1.165) is 23.9 Å². The van der Waals surface area contributed by atoms with Gasteiger partial charge in [-0.2, -0.15) is 0 Å². The molecule has 0 aromatic heterocycles. The molecule has 1 saturated heterocycles. The first-order chi connectivity index (χ1) is 10.9. The van der Waals surface area contributed by atoms with Crippen molar-refractivity contribution in [3.63, 3.8) is 0 Å². The van der Waals surface area contributed by atoms with Crippen molar-refractivity contribution in [2.45, 2.75) is 59.0 Å². The highest BCUT2D eigenvalue weighted by molar-refractivity contribution is 7.80. The Balaban J connectivity index is 1.88. The van der Waals surface area contributed by atoms with E-state index >= 15 is 0 Å². The lowest BCUT2D eigenvalue weighted by atomic mass is 10.0. The standard InChI is InChI=1S/C19H31N3S/c1-6-16(4)21(5)18-7-9-22(10-8-18)19(23)20-17-12-14(2)11-15(3)13-17/h11-13,16,18H,6-10H2,1-5H3,(H,20,23)/t16-/m1/s1. The Morgan fingerprint density at radius 2 is 1.83 bits per heavy atom. The van der Waals surface area contributed by atoms with Crippen LogP contribution in [-0.2, 0) is 0 Å². The van der Waals surface area contributed by atoms with Crippen molar-refractivity contribution in [2.24, 2.45) is 0 Å². The van der Waals surface area contributed by atoms with Crippen LogP contribution in [0, 0.1) is 13.8 Å². The summed E-state index contributed by atoms with van der Waals surface area (Å²) in [6, 6.07) is 7.84. The number of anilines is 1. The number of hydrogen-bond donors (Lipinski definition) is 1. The van der Waals surface area contributed by atoms with E-state index in [1.165, 1.54) is 30.4 Å². The number of hydrogen-bond acceptors (Lipinski definition) is 2. The highest BCUT2D eigenvalue weighted by Gasteiger charge is 2.25. The number of rotatable bonds is 4. The molecule has 0 unspecified atom stereocenters. The molecule has 0 amide bonds. The first kappa shape index (κ1) is 18.2. The molecular weight excluding hydrogens is 302 g/mol. The van der Waals surface area contributed by atoms with E-state index in [-0.39, 0.29) is 0 Å². The Morgan fingerprint density at radius 3 is 2.35 bits per heavy atom. The van der Waals surface area contributed by atoms with E-state index in [9.17, 15) is 0 Å². The van der Waals surface area contributed by atoms with E-state index in [2.05, 4.69) is 68.1 Å². The molecule has 1 aliphatic rings. The highest BCUT2D eigenvalue weighted by atomic mass is 32.1. The van der Waals surface area contributed by atoms with E-state index in [1.54, 1.807) is 0 Å². The molecule has 1 aliphatic heterocycles. The van der Waals surface area contributed by atoms with Crippen molar-refractivity contribution in [2.75, 3.05) is 25.5 Å². The number of nitrogens with one attached hydrogen (secondary N) is 1. The molecule has 2 rings (SSSR count). The molecule has 0 bridgehead atoms.